The van der Waals surface area contributed by atoms with E-state index in [-0.39, 0.29) is 5.41 Å². The summed E-state index contributed by atoms with van der Waals surface area (Å²) in [6.45, 7) is 0.520. The molecule has 1 aliphatic carbocycles. The standard InChI is InChI=1S/C11H13NO/c12-7-9-3-1-2-4-10(9)11(8-13)5-6-11/h1-4,8H,5-7,12H2. The minimum atomic E-state index is -0.185. The van der Waals surface area contributed by atoms with Crippen molar-refractivity contribution in [3.05, 3.63) is 35.4 Å². The van der Waals surface area contributed by atoms with Crippen LogP contribution in [0, 0.1) is 0 Å². The van der Waals surface area contributed by atoms with Gasteiger partial charge in [0.15, 0.2) is 0 Å². The molecule has 0 unspecified atom stereocenters. The predicted molar refractivity (Wildman–Crippen MR) is 51.3 cm³/mol. The average Bonchev–Trinajstić information content (AvgIpc) is 2.98. The Kier molecular flexibility index (Phi) is 1.93. The van der Waals surface area contributed by atoms with Gasteiger partial charge in [-0.2, -0.15) is 0 Å². The molecule has 0 amide bonds. The lowest BCUT2D eigenvalue weighted by molar-refractivity contribution is -0.109. The summed E-state index contributed by atoms with van der Waals surface area (Å²) in [5, 5.41) is 0. The van der Waals surface area contributed by atoms with Gasteiger partial charge in [0.05, 0.1) is 5.41 Å². The van der Waals surface area contributed by atoms with Crippen molar-refractivity contribution < 1.29 is 4.79 Å². The maximum atomic E-state index is 10.9. The molecule has 0 aliphatic heterocycles. The molecule has 1 fully saturated rings. The average molecular weight is 175 g/mol. The summed E-state index contributed by atoms with van der Waals surface area (Å²) in [6.07, 6.45) is 3.03. The van der Waals surface area contributed by atoms with Crippen molar-refractivity contribution >= 4 is 6.29 Å². The van der Waals surface area contributed by atoms with Gasteiger partial charge < -0.3 is 10.5 Å². The van der Waals surface area contributed by atoms with Gasteiger partial charge in [-0.25, -0.2) is 0 Å². The van der Waals surface area contributed by atoms with E-state index in [4.69, 9.17) is 5.73 Å². The summed E-state index contributed by atoms with van der Waals surface area (Å²) in [5.41, 5.74) is 7.67. The lowest BCUT2D eigenvalue weighted by Crippen LogP contribution is -2.13. The zero-order valence-electron chi connectivity index (χ0n) is 7.49. The maximum absolute atomic E-state index is 10.9. The van der Waals surface area contributed by atoms with Crippen molar-refractivity contribution in [2.45, 2.75) is 24.8 Å². The summed E-state index contributed by atoms with van der Waals surface area (Å²) in [6, 6.07) is 7.95. The van der Waals surface area contributed by atoms with Crippen LogP contribution in [0.1, 0.15) is 24.0 Å². The van der Waals surface area contributed by atoms with E-state index in [1.54, 1.807) is 0 Å². The smallest absolute Gasteiger partial charge is 0.130 e. The third-order valence-electron chi connectivity index (χ3n) is 2.79. The molecule has 1 aliphatic rings. The molecule has 68 valence electrons. The van der Waals surface area contributed by atoms with Gasteiger partial charge in [0, 0.05) is 6.54 Å². The fraction of sp³-hybridized carbons (Fsp3) is 0.364. The molecule has 1 aromatic rings. The Morgan fingerprint density at radius 2 is 2.08 bits per heavy atom. The first kappa shape index (κ1) is 8.45. The molecule has 0 spiro atoms. The van der Waals surface area contributed by atoms with Gasteiger partial charge in [0.25, 0.3) is 0 Å². The van der Waals surface area contributed by atoms with E-state index in [0.29, 0.717) is 6.54 Å². The molecule has 0 radical (unpaired) electrons. The molecule has 0 aromatic heterocycles. The molecular formula is C11H13NO. The molecule has 13 heavy (non-hydrogen) atoms. The first-order valence-electron chi connectivity index (χ1n) is 4.57. The van der Waals surface area contributed by atoms with Crippen LogP contribution in [0.2, 0.25) is 0 Å². The van der Waals surface area contributed by atoms with E-state index in [0.717, 1.165) is 30.3 Å². The highest BCUT2D eigenvalue weighted by atomic mass is 16.1. The molecular weight excluding hydrogens is 162 g/mol. The summed E-state index contributed by atoms with van der Waals surface area (Å²) in [4.78, 5) is 10.9. The van der Waals surface area contributed by atoms with Crippen LogP contribution in [-0.2, 0) is 16.8 Å². The van der Waals surface area contributed by atoms with Crippen LogP contribution in [0.3, 0.4) is 0 Å². The third kappa shape index (κ3) is 1.27. The van der Waals surface area contributed by atoms with E-state index < -0.39 is 0 Å². The number of carbonyl (C=O) groups excluding carboxylic acids is 1. The SMILES string of the molecule is NCc1ccccc1C1(C=O)CC1. The molecule has 0 atom stereocenters. The second-order valence-corrected chi connectivity index (χ2v) is 3.64. The van der Waals surface area contributed by atoms with E-state index in [9.17, 15) is 4.79 Å². The Hall–Kier alpha value is -1.15. The topological polar surface area (TPSA) is 43.1 Å². The van der Waals surface area contributed by atoms with Gasteiger partial charge in [0.1, 0.15) is 6.29 Å². The molecule has 2 heteroatoms. The van der Waals surface area contributed by atoms with Gasteiger partial charge in [-0.1, -0.05) is 24.3 Å². The summed E-state index contributed by atoms with van der Waals surface area (Å²) < 4.78 is 0. The highest BCUT2D eigenvalue weighted by molar-refractivity contribution is 5.74. The van der Waals surface area contributed by atoms with Gasteiger partial charge in [-0.15, -0.1) is 0 Å². The lowest BCUT2D eigenvalue weighted by Gasteiger charge is -2.11. The first-order chi connectivity index (χ1) is 6.32. The fourth-order valence-corrected chi connectivity index (χ4v) is 1.77. The van der Waals surface area contributed by atoms with Crippen molar-refractivity contribution in [2.75, 3.05) is 0 Å². The normalized spacial score (nSPS) is 18.2. The zero-order chi connectivity index (χ0) is 9.31. The maximum Gasteiger partial charge on any atom is 0.130 e. The van der Waals surface area contributed by atoms with Crippen LogP contribution in [-0.4, -0.2) is 6.29 Å². The van der Waals surface area contributed by atoms with Crippen molar-refractivity contribution in [3.8, 4) is 0 Å². The third-order valence-corrected chi connectivity index (χ3v) is 2.79. The number of benzene rings is 1. The molecule has 0 heterocycles. The van der Waals surface area contributed by atoms with Crippen LogP contribution in [0.15, 0.2) is 24.3 Å². The quantitative estimate of drug-likeness (QED) is 0.705. The van der Waals surface area contributed by atoms with Gasteiger partial charge in [-0.3, -0.25) is 0 Å². The molecule has 2 N–H and O–H groups in total. The van der Waals surface area contributed by atoms with E-state index in [1.165, 1.54) is 0 Å². The van der Waals surface area contributed by atoms with Gasteiger partial charge in [0.2, 0.25) is 0 Å². The predicted octanol–water partition coefficient (Wildman–Crippen LogP) is 1.38. The monoisotopic (exact) mass is 175 g/mol. The number of rotatable bonds is 3. The number of hydrogen-bond acceptors (Lipinski definition) is 2. The minimum Gasteiger partial charge on any atom is -0.326 e. The molecule has 1 saturated carbocycles. The highest BCUT2D eigenvalue weighted by Gasteiger charge is 2.45. The van der Waals surface area contributed by atoms with Crippen molar-refractivity contribution in [2.24, 2.45) is 5.73 Å². The molecule has 1 aromatic carbocycles. The molecule has 2 nitrogen and oxygen atoms in total. The Labute approximate surface area is 77.8 Å². The summed E-state index contributed by atoms with van der Waals surface area (Å²) in [7, 11) is 0. The Morgan fingerprint density at radius 1 is 1.38 bits per heavy atom. The van der Waals surface area contributed by atoms with E-state index in [2.05, 4.69) is 0 Å². The molecule has 0 saturated heterocycles. The largest absolute Gasteiger partial charge is 0.326 e. The highest BCUT2D eigenvalue weighted by Crippen LogP contribution is 2.47. The zero-order valence-corrected chi connectivity index (χ0v) is 7.49. The molecule has 2 rings (SSSR count). The van der Waals surface area contributed by atoms with Crippen molar-refractivity contribution in [1.82, 2.24) is 0 Å². The Morgan fingerprint density at radius 3 is 2.62 bits per heavy atom. The minimum absolute atomic E-state index is 0.185. The number of hydrogen-bond donors (Lipinski definition) is 1. The lowest BCUT2D eigenvalue weighted by atomic mass is 9.93. The van der Waals surface area contributed by atoms with Crippen LogP contribution in [0.4, 0.5) is 0 Å². The van der Waals surface area contributed by atoms with E-state index >= 15 is 0 Å². The van der Waals surface area contributed by atoms with Crippen LogP contribution in [0.5, 0.6) is 0 Å². The van der Waals surface area contributed by atoms with Crippen LogP contribution >= 0.6 is 0 Å². The Bertz CT molecular complexity index is 329. The summed E-state index contributed by atoms with van der Waals surface area (Å²) >= 11 is 0. The second kappa shape index (κ2) is 2.96. The van der Waals surface area contributed by atoms with Crippen LogP contribution in [0.25, 0.3) is 0 Å². The number of nitrogens with two attached hydrogens (primary N) is 1. The number of aldehydes is 1. The fourth-order valence-electron chi connectivity index (χ4n) is 1.77. The van der Waals surface area contributed by atoms with Gasteiger partial charge in [-0.05, 0) is 24.0 Å². The molecule has 0 bridgehead atoms. The van der Waals surface area contributed by atoms with Crippen LogP contribution < -0.4 is 5.73 Å². The Balaban J connectivity index is 2.44. The second-order valence-electron chi connectivity index (χ2n) is 3.64. The first-order valence-corrected chi connectivity index (χ1v) is 4.57. The van der Waals surface area contributed by atoms with Crippen molar-refractivity contribution in [3.63, 3.8) is 0 Å². The summed E-state index contributed by atoms with van der Waals surface area (Å²) in [5.74, 6) is 0. The number of carbonyl (C=O) groups is 1. The van der Waals surface area contributed by atoms with Gasteiger partial charge >= 0.3 is 0 Å². The van der Waals surface area contributed by atoms with E-state index in [1.807, 2.05) is 24.3 Å². The van der Waals surface area contributed by atoms with Crippen molar-refractivity contribution in [1.29, 1.82) is 0 Å².